The van der Waals surface area contributed by atoms with Crippen LogP contribution in [0.5, 0.6) is 0 Å². The summed E-state index contributed by atoms with van der Waals surface area (Å²) >= 11 is 0. The van der Waals surface area contributed by atoms with Gasteiger partial charge < -0.3 is 20.9 Å². The fourth-order valence-corrected chi connectivity index (χ4v) is 5.98. The Morgan fingerprint density at radius 2 is 1.50 bits per heavy atom. The van der Waals surface area contributed by atoms with E-state index >= 15 is 0 Å². The second-order valence-corrected chi connectivity index (χ2v) is 13.2. The Kier molecular flexibility index (Phi) is 10.2. The Labute approximate surface area is 302 Å². The van der Waals surface area contributed by atoms with Crippen LogP contribution in [-0.2, 0) is 11.3 Å². The lowest BCUT2D eigenvalue weighted by Gasteiger charge is -2.32. The van der Waals surface area contributed by atoms with Gasteiger partial charge in [0.05, 0.1) is 11.4 Å². The molecule has 1 fully saturated rings. The largest absolute Gasteiger partial charge is 0.324 e. The quantitative estimate of drug-likeness (QED) is 0.160. The van der Waals surface area contributed by atoms with Gasteiger partial charge in [-0.15, -0.1) is 5.10 Å². The van der Waals surface area contributed by atoms with Gasteiger partial charge in [-0.05, 0) is 80.6 Å². The van der Waals surface area contributed by atoms with E-state index < -0.39 is 0 Å². The average Bonchev–Trinajstić information content (AvgIpc) is 3.66. The van der Waals surface area contributed by atoms with Crippen LogP contribution in [0.1, 0.15) is 39.0 Å². The van der Waals surface area contributed by atoms with Crippen molar-refractivity contribution in [3.05, 3.63) is 125 Å². The molecular weight excluding hydrogens is 653 g/mol. The highest BCUT2D eigenvalue weighted by Crippen LogP contribution is 2.26. The molecule has 0 saturated carbocycles. The van der Waals surface area contributed by atoms with E-state index in [1.54, 1.807) is 24.7 Å². The van der Waals surface area contributed by atoms with Gasteiger partial charge in [0, 0.05) is 91.5 Å². The van der Waals surface area contributed by atoms with Gasteiger partial charge >= 0.3 is 0 Å². The first-order chi connectivity index (χ1) is 25.3. The number of anilines is 4. The van der Waals surface area contributed by atoms with Crippen molar-refractivity contribution in [3.63, 3.8) is 0 Å². The van der Waals surface area contributed by atoms with Gasteiger partial charge in [0.25, 0.3) is 11.8 Å². The predicted octanol–water partition coefficient (Wildman–Crippen LogP) is 6.09. The summed E-state index contributed by atoms with van der Waals surface area (Å²) in [5, 5.41) is 17.6. The molecule has 2 aliphatic rings. The molecule has 0 radical (unpaired) electrons. The summed E-state index contributed by atoms with van der Waals surface area (Å²) in [6, 6.07) is 24.8. The van der Waals surface area contributed by atoms with Gasteiger partial charge in [-0.3, -0.25) is 19.5 Å². The molecule has 52 heavy (non-hydrogen) atoms. The van der Waals surface area contributed by atoms with Crippen molar-refractivity contribution in [3.8, 4) is 11.3 Å². The SMILES string of the molecule is Cc1ccc(NC(=O)C2=NN=C(c3cncc(-c4ccnc(Nc5cc(NC(=O)c6ccc(CN7CCN(C)CC7)cc6)ccc5C)n4)c3)C2)cc1. The molecule has 0 aliphatic carbocycles. The van der Waals surface area contributed by atoms with Crippen LogP contribution in [0, 0.1) is 13.8 Å². The third kappa shape index (κ3) is 8.43. The molecule has 7 rings (SSSR count). The molecule has 12 nitrogen and oxygen atoms in total. The Balaban J connectivity index is 0.976. The number of hydrogen-bond acceptors (Lipinski definition) is 10. The normalized spacial score (nSPS) is 14.8. The number of nitrogens with one attached hydrogen (secondary N) is 3. The maximum atomic E-state index is 13.2. The lowest BCUT2D eigenvalue weighted by atomic mass is 10.0. The molecule has 3 aromatic carbocycles. The van der Waals surface area contributed by atoms with E-state index in [0.29, 0.717) is 40.0 Å². The minimum absolute atomic E-state index is 0.178. The van der Waals surface area contributed by atoms with Gasteiger partial charge in [-0.1, -0.05) is 35.9 Å². The van der Waals surface area contributed by atoms with E-state index in [2.05, 4.69) is 53.0 Å². The molecule has 5 aromatic rings. The molecular formula is C40H40N10O2. The van der Waals surface area contributed by atoms with Crippen LogP contribution in [0.4, 0.5) is 23.0 Å². The maximum Gasteiger partial charge on any atom is 0.272 e. The van der Waals surface area contributed by atoms with Crippen LogP contribution >= 0.6 is 0 Å². The Morgan fingerprint density at radius 3 is 2.29 bits per heavy atom. The summed E-state index contributed by atoms with van der Waals surface area (Å²) in [6.07, 6.45) is 5.38. The monoisotopic (exact) mass is 692 g/mol. The molecule has 0 spiro atoms. The van der Waals surface area contributed by atoms with Gasteiger partial charge in [0.1, 0.15) is 5.71 Å². The van der Waals surface area contributed by atoms with Gasteiger partial charge in [0.2, 0.25) is 5.95 Å². The van der Waals surface area contributed by atoms with Crippen LogP contribution in [-0.4, -0.2) is 81.2 Å². The lowest BCUT2D eigenvalue weighted by Crippen LogP contribution is -2.43. The van der Waals surface area contributed by atoms with Gasteiger partial charge in [0.15, 0.2) is 0 Å². The number of rotatable bonds is 10. The molecule has 262 valence electrons. The number of hydrogen-bond donors (Lipinski definition) is 3. The Bertz CT molecular complexity index is 2150. The highest BCUT2D eigenvalue weighted by Gasteiger charge is 2.22. The summed E-state index contributed by atoms with van der Waals surface area (Å²) in [5.74, 6) is -0.0760. The number of benzene rings is 3. The molecule has 0 atom stereocenters. The van der Waals surface area contributed by atoms with E-state index in [4.69, 9.17) is 4.98 Å². The molecule has 2 aliphatic heterocycles. The Morgan fingerprint density at radius 1 is 0.769 bits per heavy atom. The van der Waals surface area contributed by atoms with Crippen LogP contribution < -0.4 is 16.0 Å². The van der Waals surface area contributed by atoms with E-state index in [0.717, 1.165) is 60.7 Å². The maximum absolute atomic E-state index is 13.2. The smallest absolute Gasteiger partial charge is 0.272 e. The third-order valence-electron chi connectivity index (χ3n) is 9.18. The van der Waals surface area contributed by atoms with Crippen LogP contribution in [0.15, 0.2) is 108 Å². The van der Waals surface area contributed by atoms with Crippen molar-refractivity contribution in [2.24, 2.45) is 10.2 Å². The van der Waals surface area contributed by atoms with Crippen molar-refractivity contribution >= 4 is 46.2 Å². The molecule has 3 N–H and O–H groups in total. The predicted molar refractivity (Wildman–Crippen MR) is 205 cm³/mol. The number of carbonyl (C=O) groups is 2. The number of carbonyl (C=O) groups excluding carboxylic acids is 2. The van der Waals surface area contributed by atoms with Crippen molar-refractivity contribution in [1.82, 2.24) is 24.8 Å². The fraction of sp³-hybridized carbons (Fsp3) is 0.225. The van der Waals surface area contributed by atoms with E-state index in [1.165, 1.54) is 5.56 Å². The second-order valence-electron chi connectivity index (χ2n) is 13.2. The van der Waals surface area contributed by atoms with Crippen molar-refractivity contribution < 1.29 is 9.59 Å². The number of pyridine rings is 1. The second kappa shape index (κ2) is 15.4. The van der Waals surface area contributed by atoms with E-state index in [1.807, 2.05) is 86.6 Å². The van der Waals surface area contributed by atoms with Gasteiger partial charge in [-0.2, -0.15) is 5.10 Å². The number of amides is 2. The summed E-state index contributed by atoms with van der Waals surface area (Å²) in [6.45, 7) is 9.10. The first kappa shape index (κ1) is 34.3. The highest BCUT2D eigenvalue weighted by molar-refractivity contribution is 6.47. The first-order valence-electron chi connectivity index (χ1n) is 17.2. The molecule has 0 bridgehead atoms. The minimum Gasteiger partial charge on any atom is -0.324 e. The number of likely N-dealkylation sites (N-methyl/N-ethyl adjacent to an activating group) is 1. The first-order valence-corrected chi connectivity index (χ1v) is 17.2. The zero-order chi connectivity index (χ0) is 36.0. The van der Waals surface area contributed by atoms with Gasteiger partial charge in [-0.25, -0.2) is 9.97 Å². The molecule has 12 heteroatoms. The molecule has 0 unspecified atom stereocenters. The van der Waals surface area contributed by atoms with Crippen LogP contribution in [0.2, 0.25) is 0 Å². The lowest BCUT2D eigenvalue weighted by molar-refractivity contribution is -0.110. The summed E-state index contributed by atoms with van der Waals surface area (Å²) in [7, 11) is 2.15. The van der Waals surface area contributed by atoms with E-state index in [9.17, 15) is 9.59 Å². The minimum atomic E-state index is -0.289. The fourth-order valence-electron chi connectivity index (χ4n) is 5.98. The number of piperazine rings is 1. The summed E-state index contributed by atoms with van der Waals surface area (Å²) in [4.78, 5) is 44.4. The summed E-state index contributed by atoms with van der Waals surface area (Å²) in [5.41, 5.74) is 9.12. The zero-order valence-electron chi connectivity index (χ0n) is 29.4. The van der Waals surface area contributed by atoms with Crippen LogP contribution in [0.25, 0.3) is 11.3 Å². The average molecular weight is 693 g/mol. The number of aryl methyl sites for hydroxylation is 2. The van der Waals surface area contributed by atoms with Crippen molar-refractivity contribution in [1.29, 1.82) is 0 Å². The standard InChI is InChI=1S/C40H40N10O2/c1-26-4-11-32(12-5-26)43-39(52)37-22-36(47-48-37)31-20-30(23-41-24-31)34-14-15-42-40(45-34)46-35-21-33(13-6-27(35)2)44-38(51)29-9-7-28(8-10-29)25-50-18-16-49(3)17-19-50/h4-15,20-21,23-24H,16-19,22,25H2,1-3H3,(H,43,52)(H,44,51)(H,42,45,46). The molecule has 2 amide bonds. The third-order valence-corrected chi connectivity index (χ3v) is 9.18. The number of aromatic nitrogens is 3. The molecule has 4 heterocycles. The van der Waals surface area contributed by atoms with Crippen molar-refractivity contribution in [2.75, 3.05) is 49.2 Å². The molecule has 2 aromatic heterocycles. The highest BCUT2D eigenvalue weighted by atomic mass is 16.2. The summed E-state index contributed by atoms with van der Waals surface area (Å²) < 4.78 is 0. The number of nitrogens with zero attached hydrogens (tertiary/aromatic N) is 7. The van der Waals surface area contributed by atoms with E-state index in [-0.39, 0.29) is 18.2 Å². The van der Waals surface area contributed by atoms with Crippen molar-refractivity contribution in [2.45, 2.75) is 26.8 Å². The Hall–Kier alpha value is -6.11. The van der Waals surface area contributed by atoms with Crippen LogP contribution in [0.3, 0.4) is 0 Å². The molecule has 1 saturated heterocycles. The topological polar surface area (TPSA) is 140 Å². The zero-order valence-corrected chi connectivity index (χ0v) is 29.4.